The molecule has 3 heterocycles. The number of hydrogen-bond acceptors (Lipinski definition) is 6. The Labute approximate surface area is 173 Å². The summed E-state index contributed by atoms with van der Waals surface area (Å²) in [5, 5.41) is 2.56. The lowest BCUT2D eigenvalue weighted by Gasteiger charge is -2.11. The number of nitrogens with zero attached hydrogens (tertiary/aromatic N) is 5. The predicted molar refractivity (Wildman–Crippen MR) is 105 cm³/mol. The average molecular weight is 428 g/mol. The number of carbonyl (C=O) groups is 1. The minimum absolute atomic E-state index is 0.0838. The summed E-state index contributed by atoms with van der Waals surface area (Å²) in [7, 11) is 1.41. The van der Waals surface area contributed by atoms with Gasteiger partial charge in [0.05, 0.1) is 30.5 Å². The lowest BCUT2D eigenvalue weighted by atomic mass is 10.1. The van der Waals surface area contributed by atoms with Crippen LogP contribution in [-0.2, 0) is 6.18 Å². The quantitative estimate of drug-likeness (QED) is 0.531. The van der Waals surface area contributed by atoms with Crippen molar-refractivity contribution in [2.45, 2.75) is 13.1 Å². The van der Waals surface area contributed by atoms with Gasteiger partial charge in [-0.05, 0) is 30.7 Å². The zero-order chi connectivity index (χ0) is 22.2. The number of hydrogen-bond donors (Lipinski definition) is 1. The second-order valence-electron chi connectivity index (χ2n) is 6.53. The first-order valence-corrected chi connectivity index (χ1v) is 8.96. The maximum Gasteiger partial charge on any atom is 0.450 e. The number of anilines is 1. The number of fused-ring (bicyclic) bond motifs is 1. The number of rotatable bonds is 4. The molecule has 4 rings (SSSR count). The molecule has 11 heteroatoms. The van der Waals surface area contributed by atoms with Crippen molar-refractivity contribution in [1.82, 2.24) is 24.5 Å². The van der Waals surface area contributed by atoms with Crippen LogP contribution < -0.4 is 10.1 Å². The first-order valence-electron chi connectivity index (χ1n) is 8.96. The third-order valence-electron chi connectivity index (χ3n) is 4.49. The number of imidazole rings is 1. The molecule has 0 saturated carbocycles. The maximum absolute atomic E-state index is 13.6. The van der Waals surface area contributed by atoms with Gasteiger partial charge in [-0.1, -0.05) is 0 Å². The first-order chi connectivity index (χ1) is 14.8. The summed E-state index contributed by atoms with van der Waals surface area (Å²) in [6, 6.07) is 5.93. The first kappa shape index (κ1) is 20.3. The molecular weight excluding hydrogens is 413 g/mol. The Kier molecular flexibility index (Phi) is 5.01. The molecule has 1 amide bonds. The second kappa shape index (κ2) is 7.67. The Balaban J connectivity index is 1.72. The fourth-order valence-corrected chi connectivity index (χ4v) is 3.02. The van der Waals surface area contributed by atoms with E-state index in [0.717, 1.165) is 10.8 Å². The predicted octanol–water partition coefficient (Wildman–Crippen LogP) is 3.80. The highest BCUT2D eigenvalue weighted by Gasteiger charge is 2.38. The van der Waals surface area contributed by atoms with E-state index >= 15 is 0 Å². The van der Waals surface area contributed by atoms with E-state index < -0.39 is 17.9 Å². The second-order valence-corrected chi connectivity index (χ2v) is 6.53. The fraction of sp³-hybridized carbons (Fsp3) is 0.150. The molecule has 0 aliphatic heterocycles. The third kappa shape index (κ3) is 3.89. The van der Waals surface area contributed by atoms with Gasteiger partial charge in [-0.25, -0.2) is 15.0 Å². The Morgan fingerprint density at radius 2 is 1.94 bits per heavy atom. The number of pyridine rings is 1. The summed E-state index contributed by atoms with van der Waals surface area (Å²) >= 11 is 0. The molecule has 0 radical (unpaired) electrons. The van der Waals surface area contributed by atoms with E-state index in [-0.39, 0.29) is 22.7 Å². The lowest BCUT2D eigenvalue weighted by Crippen LogP contribution is -2.16. The molecule has 0 unspecified atom stereocenters. The van der Waals surface area contributed by atoms with Gasteiger partial charge in [0.15, 0.2) is 11.6 Å². The molecule has 0 aliphatic carbocycles. The van der Waals surface area contributed by atoms with Crippen molar-refractivity contribution in [3.63, 3.8) is 0 Å². The number of aromatic nitrogens is 5. The Morgan fingerprint density at radius 3 is 2.58 bits per heavy atom. The highest BCUT2D eigenvalue weighted by atomic mass is 19.4. The van der Waals surface area contributed by atoms with Gasteiger partial charge in [0.25, 0.3) is 5.91 Å². The molecule has 0 aliphatic rings. The highest BCUT2D eigenvalue weighted by molar-refractivity contribution is 6.04. The number of carbonyl (C=O) groups excluding carboxylic acids is 1. The van der Waals surface area contributed by atoms with E-state index in [1.54, 1.807) is 19.2 Å². The van der Waals surface area contributed by atoms with E-state index in [1.807, 2.05) is 0 Å². The molecule has 158 valence electrons. The topological polar surface area (TPSA) is 94.8 Å². The van der Waals surface area contributed by atoms with Crippen LogP contribution in [-0.4, -0.2) is 37.5 Å². The van der Waals surface area contributed by atoms with Crippen LogP contribution in [0.3, 0.4) is 0 Å². The number of halogens is 3. The van der Waals surface area contributed by atoms with Crippen molar-refractivity contribution in [2.75, 3.05) is 12.4 Å². The van der Waals surface area contributed by atoms with Gasteiger partial charge < -0.3 is 10.1 Å². The zero-order valence-electron chi connectivity index (χ0n) is 16.3. The van der Waals surface area contributed by atoms with Crippen molar-refractivity contribution in [1.29, 1.82) is 0 Å². The number of aryl methyl sites for hydroxylation is 1. The highest BCUT2D eigenvalue weighted by Crippen LogP contribution is 2.34. The number of nitrogens with one attached hydrogen (secondary N) is 1. The van der Waals surface area contributed by atoms with Crippen LogP contribution in [0.5, 0.6) is 5.75 Å². The van der Waals surface area contributed by atoms with Crippen molar-refractivity contribution >= 4 is 22.8 Å². The van der Waals surface area contributed by atoms with Gasteiger partial charge >= 0.3 is 6.18 Å². The van der Waals surface area contributed by atoms with Crippen LogP contribution in [0.15, 0.2) is 49.1 Å². The van der Waals surface area contributed by atoms with Crippen LogP contribution in [0.1, 0.15) is 21.7 Å². The lowest BCUT2D eigenvalue weighted by molar-refractivity contribution is -0.145. The molecular formula is C20H15F3N6O2. The van der Waals surface area contributed by atoms with E-state index in [9.17, 15) is 18.0 Å². The number of amides is 1. The van der Waals surface area contributed by atoms with Crippen LogP contribution >= 0.6 is 0 Å². The number of alkyl halides is 3. The maximum atomic E-state index is 13.6. The summed E-state index contributed by atoms with van der Waals surface area (Å²) < 4.78 is 46.8. The minimum Gasteiger partial charge on any atom is -0.497 e. The smallest absolute Gasteiger partial charge is 0.450 e. The molecule has 0 spiro atoms. The molecule has 0 atom stereocenters. The van der Waals surface area contributed by atoms with Crippen LogP contribution in [0.25, 0.3) is 16.9 Å². The standard InChI is InChI=1S/C20H15F3N6O2/c1-11-8-24-6-5-13(11)18(30)28-16-9-26-17(10-25-16)29-15-7-12(31-2)3-4-14(15)27-19(29)20(21,22)23/h3-10H,1-2H3,(H,25,28,30). The van der Waals surface area contributed by atoms with E-state index in [4.69, 9.17) is 4.74 Å². The molecule has 31 heavy (non-hydrogen) atoms. The summed E-state index contributed by atoms with van der Waals surface area (Å²) in [6.45, 7) is 1.73. The van der Waals surface area contributed by atoms with Crippen LogP contribution in [0, 0.1) is 6.92 Å². The van der Waals surface area contributed by atoms with Crippen molar-refractivity contribution in [3.8, 4) is 11.6 Å². The number of ether oxygens (including phenoxy) is 1. The van der Waals surface area contributed by atoms with Gasteiger partial charge in [0.1, 0.15) is 5.75 Å². The molecule has 3 aromatic heterocycles. The van der Waals surface area contributed by atoms with Gasteiger partial charge in [-0.3, -0.25) is 14.3 Å². The zero-order valence-corrected chi connectivity index (χ0v) is 16.3. The van der Waals surface area contributed by atoms with E-state index in [0.29, 0.717) is 16.9 Å². The molecule has 4 aromatic rings. The van der Waals surface area contributed by atoms with Crippen molar-refractivity contribution in [2.24, 2.45) is 0 Å². The van der Waals surface area contributed by atoms with Gasteiger partial charge in [-0.15, -0.1) is 0 Å². The Bertz CT molecular complexity index is 1270. The Hall–Kier alpha value is -4.02. The molecule has 0 saturated heterocycles. The van der Waals surface area contributed by atoms with E-state index in [1.165, 1.54) is 37.7 Å². The average Bonchev–Trinajstić information content (AvgIpc) is 3.14. The number of benzene rings is 1. The monoisotopic (exact) mass is 428 g/mol. The fourth-order valence-electron chi connectivity index (χ4n) is 3.02. The van der Waals surface area contributed by atoms with Crippen molar-refractivity contribution in [3.05, 3.63) is 66.0 Å². The van der Waals surface area contributed by atoms with Gasteiger partial charge in [-0.2, -0.15) is 13.2 Å². The van der Waals surface area contributed by atoms with Crippen LogP contribution in [0.2, 0.25) is 0 Å². The number of methoxy groups -OCH3 is 1. The largest absolute Gasteiger partial charge is 0.497 e. The Morgan fingerprint density at radius 1 is 1.13 bits per heavy atom. The molecule has 0 fully saturated rings. The third-order valence-corrected chi connectivity index (χ3v) is 4.49. The summed E-state index contributed by atoms with van der Waals surface area (Å²) in [5.41, 5.74) is 1.34. The van der Waals surface area contributed by atoms with Gasteiger partial charge in [0.2, 0.25) is 5.82 Å². The molecule has 1 N–H and O–H groups in total. The summed E-state index contributed by atoms with van der Waals surface area (Å²) in [4.78, 5) is 28.1. The summed E-state index contributed by atoms with van der Waals surface area (Å²) in [6.07, 6.45) is 0.606. The van der Waals surface area contributed by atoms with Crippen molar-refractivity contribution < 1.29 is 22.7 Å². The molecule has 8 nitrogen and oxygen atoms in total. The van der Waals surface area contributed by atoms with Gasteiger partial charge in [0, 0.05) is 24.0 Å². The normalized spacial score (nSPS) is 11.5. The van der Waals surface area contributed by atoms with Crippen LogP contribution in [0.4, 0.5) is 19.0 Å². The minimum atomic E-state index is -4.72. The molecule has 0 bridgehead atoms. The summed E-state index contributed by atoms with van der Waals surface area (Å²) in [5.74, 6) is -1.24. The SMILES string of the molecule is COc1ccc2nc(C(F)(F)F)n(-c3cnc(NC(=O)c4ccncc4C)cn3)c2c1. The van der Waals surface area contributed by atoms with E-state index in [2.05, 4.69) is 25.3 Å². The molecule has 1 aromatic carbocycles.